The van der Waals surface area contributed by atoms with Gasteiger partial charge in [-0.05, 0) is 19.1 Å². The molecule has 0 atom stereocenters. The summed E-state index contributed by atoms with van der Waals surface area (Å²) in [6.07, 6.45) is 3.16. The molecule has 0 heterocycles. The fraction of sp³-hybridized carbons (Fsp3) is 0.182. The molecule has 0 unspecified atom stereocenters. The van der Waals surface area contributed by atoms with E-state index in [1.165, 1.54) is 0 Å². The lowest BCUT2D eigenvalue weighted by molar-refractivity contribution is 0.174. The number of hydrogen-bond donors (Lipinski definition) is 1. The summed E-state index contributed by atoms with van der Waals surface area (Å²) in [5.41, 5.74) is 0.734. The first-order chi connectivity index (χ1) is 6.83. The van der Waals surface area contributed by atoms with Crippen LogP contribution in [0.3, 0.4) is 0 Å². The lowest BCUT2D eigenvalue weighted by Gasteiger charge is -2.04. The van der Waals surface area contributed by atoms with Gasteiger partial charge in [-0.2, -0.15) is 0 Å². The number of allylic oxidation sites excluding steroid dienone is 1. The van der Waals surface area contributed by atoms with E-state index in [0.717, 1.165) is 5.69 Å². The van der Waals surface area contributed by atoms with Gasteiger partial charge < -0.3 is 4.74 Å². The molecule has 1 N–H and O–H groups in total. The molecule has 74 valence electrons. The molecule has 1 aromatic rings. The quantitative estimate of drug-likeness (QED) is 0.746. The van der Waals surface area contributed by atoms with Crippen LogP contribution in [0.4, 0.5) is 10.5 Å². The highest BCUT2D eigenvalue weighted by Crippen LogP contribution is 2.04. The van der Waals surface area contributed by atoms with E-state index < -0.39 is 6.09 Å². The Bertz CT molecular complexity index is 306. The van der Waals surface area contributed by atoms with Crippen LogP contribution in [-0.4, -0.2) is 12.7 Å². The maximum atomic E-state index is 11.1. The molecule has 0 aliphatic carbocycles. The molecule has 0 aliphatic rings. The highest BCUT2D eigenvalue weighted by molar-refractivity contribution is 5.84. The van der Waals surface area contributed by atoms with Crippen molar-refractivity contribution in [3.05, 3.63) is 42.5 Å². The molecule has 0 spiro atoms. The average molecular weight is 191 g/mol. The van der Waals surface area contributed by atoms with E-state index in [9.17, 15) is 4.79 Å². The standard InChI is InChI=1S/C11H13NO2/c1-2-3-9-14-11(13)12-10-7-5-4-6-8-10/h2-8H,9H2,1H3,(H,12,13). The SMILES string of the molecule is CC=CCOC(=O)Nc1ccccc1. The van der Waals surface area contributed by atoms with E-state index in [2.05, 4.69) is 5.32 Å². The maximum Gasteiger partial charge on any atom is 0.411 e. The van der Waals surface area contributed by atoms with Crippen molar-refractivity contribution in [3.63, 3.8) is 0 Å². The van der Waals surface area contributed by atoms with Gasteiger partial charge in [0.25, 0.3) is 0 Å². The number of anilines is 1. The number of para-hydroxylation sites is 1. The molecule has 0 bridgehead atoms. The molecule has 0 fully saturated rings. The van der Waals surface area contributed by atoms with E-state index in [1.54, 1.807) is 18.2 Å². The van der Waals surface area contributed by atoms with Gasteiger partial charge in [0.1, 0.15) is 6.61 Å². The summed E-state index contributed by atoms with van der Waals surface area (Å²) in [6.45, 7) is 2.17. The second-order valence-corrected chi connectivity index (χ2v) is 2.66. The molecule has 1 rings (SSSR count). The van der Waals surface area contributed by atoms with Crippen LogP contribution >= 0.6 is 0 Å². The smallest absolute Gasteiger partial charge is 0.411 e. The van der Waals surface area contributed by atoms with Crippen molar-refractivity contribution in [2.24, 2.45) is 0 Å². The van der Waals surface area contributed by atoms with Crippen LogP contribution in [0.1, 0.15) is 6.92 Å². The number of rotatable bonds is 3. The third kappa shape index (κ3) is 3.76. The van der Waals surface area contributed by atoms with Crippen molar-refractivity contribution in [3.8, 4) is 0 Å². The second-order valence-electron chi connectivity index (χ2n) is 2.66. The van der Waals surface area contributed by atoms with Crippen molar-refractivity contribution < 1.29 is 9.53 Å². The van der Waals surface area contributed by atoms with E-state index in [-0.39, 0.29) is 0 Å². The largest absolute Gasteiger partial charge is 0.445 e. The van der Waals surface area contributed by atoms with Gasteiger partial charge >= 0.3 is 6.09 Å². The van der Waals surface area contributed by atoms with Crippen LogP contribution in [0, 0.1) is 0 Å². The van der Waals surface area contributed by atoms with Crippen molar-refractivity contribution in [2.75, 3.05) is 11.9 Å². The number of ether oxygens (including phenoxy) is 1. The number of hydrogen-bond acceptors (Lipinski definition) is 2. The molecule has 0 saturated heterocycles. The van der Waals surface area contributed by atoms with Crippen LogP contribution in [0.2, 0.25) is 0 Å². The highest BCUT2D eigenvalue weighted by Gasteiger charge is 1.99. The first kappa shape index (κ1) is 10.3. The second kappa shape index (κ2) is 5.80. The lowest BCUT2D eigenvalue weighted by Crippen LogP contribution is -2.13. The van der Waals surface area contributed by atoms with Crippen LogP contribution in [-0.2, 0) is 4.74 Å². The van der Waals surface area contributed by atoms with Gasteiger partial charge in [0, 0.05) is 5.69 Å². The molecular formula is C11H13NO2. The van der Waals surface area contributed by atoms with Gasteiger partial charge in [0.05, 0.1) is 0 Å². The van der Waals surface area contributed by atoms with E-state index in [1.807, 2.05) is 31.2 Å². The zero-order chi connectivity index (χ0) is 10.2. The summed E-state index contributed by atoms with van der Waals surface area (Å²) in [6, 6.07) is 9.19. The molecule has 14 heavy (non-hydrogen) atoms. The molecule has 1 aromatic carbocycles. The van der Waals surface area contributed by atoms with Crippen molar-refractivity contribution >= 4 is 11.8 Å². The average Bonchev–Trinajstić information content (AvgIpc) is 2.20. The minimum atomic E-state index is -0.436. The topological polar surface area (TPSA) is 38.3 Å². The summed E-state index contributed by atoms with van der Waals surface area (Å²) in [5, 5.41) is 2.61. The first-order valence-corrected chi connectivity index (χ1v) is 4.43. The van der Waals surface area contributed by atoms with E-state index in [4.69, 9.17) is 4.74 Å². The third-order valence-electron chi connectivity index (χ3n) is 1.57. The van der Waals surface area contributed by atoms with Gasteiger partial charge in [0.15, 0.2) is 0 Å². The van der Waals surface area contributed by atoms with Crippen LogP contribution < -0.4 is 5.32 Å². The Morgan fingerprint density at radius 3 is 2.79 bits per heavy atom. The summed E-state index contributed by atoms with van der Waals surface area (Å²) in [5.74, 6) is 0. The van der Waals surface area contributed by atoms with Crippen molar-refractivity contribution in [1.82, 2.24) is 0 Å². The van der Waals surface area contributed by atoms with Gasteiger partial charge in [-0.1, -0.05) is 30.4 Å². The Kier molecular flexibility index (Phi) is 4.27. The number of nitrogens with one attached hydrogen (secondary N) is 1. The molecule has 0 saturated carbocycles. The Labute approximate surface area is 83.4 Å². The summed E-state index contributed by atoms with van der Waals surface area (Å²) in [7, 11) is 0. The molecule has 3 nitrogen and oxygen atoms in total. The summed E-state index contributed by atoms with van der Waals surface area (Å²) >= 11 is 0. The lowest BCUT2D eigenvalue weighted by atomic mass is 10.3. The zero-order valence-electron chi connectivity index (χ0n) is 8.07. The first-order valence-electron chi connectivity index (χ1n) is 4.43. The van der Waals surface area contributed by atoms with E-state index >= 15 is 0 Å². The van der Waals surface area contributed by atoms with Crippen LogP contribution in [0.15, 0.2) is 42.5 Å². The van der Waals surface area contributed by atoms with Crippen molar-refractivity contribution in [2.45, 2.75) is 6.92 Å². The van der Waals surface area contributed by atoms with Gasteiger partial charge in [-0.15, -0.1) is 0 Å². The van der Waals surface area contributed by atoms with Crippen molar-refractivity contribution in [1.29, 1.82) is 0 Å². The van der Waals surface area contributed by atoms with Crippen LogP contribution in [0.25, 0.3) is 0 Å². The Morgan fingerprint density at radius 2 is 2.14 bits per heavy atom. The summed E-state index contributed by atoms with van der Waals surface area (Å²) < 4.78 is 4.85. The third-order valence-corrected chi connectivity index (χ3v) is 1.57. The highest BCUT2D eigenvalue weighted by atomic mass is 16.5. The van der Waals surface area contributed by atoms with E-state index in [0.29, 0.717) is 6.61 Å². The Balaban J connectivity index is 2.34. The number of amides is 1. The maximum absolute atomic E-state index is 11.1. The molecule has 0 aromatic heterocycles. The molecule has 1 amide bonds. The number of carbonyl (C=O) groups is 1. The Morgan fingerprint density at radius 1 is 1.43 bits per heavy atom. The molecular weight excluding hydrogens is 178 g/mol. The zero-order valence-corrected chi connectivity index (χ0v) is 8.07. The number of benzene rings is 1. The van der Waals surface area contributed by atoms with Crippen LogP contribution in [0.5, 0.6) is 0 Å². The van der Waals surface area contributed by atoms with Gasteiger partial charge in [-0.25, -0.2) is 4.79 Å². The minimum absolute atomic E-state index is 0.301. The monoisotopic (exact) mass is 191 g/mol. The normalized spacial score (nSPS) is 10.1. The predicted octanol–water partition coefficient (Wildman–Crippen LogP) is 2.81. The number of carbonyl (C=O) groups excluding carboxylic acids is 1. The molecule has 0 aliphatic heterocycles. The predicted molar refractivity (Wildman–Crippen MR) is 56.2 cm³/mol. The Hall–Kier alpha value is -1.77. The molecule has 0 radical (unpaired) electrons. The molecule has 3 heteroatoms. The van der Waals surface area contributed by atoms with Gasteiger partial charge in [-0.3, -0.25) is 5.32 Å². The van der Waals surface area contributed by atoms with Gasteiger partial charge in [0.2, 0.25) is 0 Å². The summed E-state index contributed by atoms with van der Waals surface area (Å²) in [4.78, 5) is 11.1. The fourth-order valence-corrected chi connectivity index (χ4v) is 0.895. The fourth-order valence-electron chi connectivity index (χ4n) is 0.895. The minimum Gasteiger partial charge on any atom is -0.445 e.